The van der Waals surface area contributed by atoms with Crippen LogP contribution in [0.15, 0.2) is 42.9 Å². The van der Waals surface area contributed by atoms with E-state index in [1.54, 1.807) is 0 Å². The predicted octanol–water partition coefficient (Wildman–Crippen LogP) is 2.79. The summed E-state index contributed by atoms with van der Waals surface area (Å²) in [5, 5.41) is 5.81. The van der Waals surface area contributed by atoms with Crippen molar-refractivity contribution in [1.82, 2.24) is 19.0 Å². The molecule has 19 heavy (non-hydrogen) atoms. The molecule has 5 heteroatoms. The Morgan fingerprint density at radius 2 is 2.11 bits per heavy atom. The Bertz CT molecular complexity index is 661. The first-order valence-corrected chi connectivity index (χ1v) is 6.96. The summed E-state index contributed by atoms with van der Waals surface area (Å²) in [5.41, 5.74) is 2.10. The summed E-state index contributed by atoms with van der Waals surface area (Å²) in [7, 11) is 0. The van der Waals surface area contributed by atoms with Crippen molar-refractivity contribution >= 4 is 22.5 Å². The van der Waals surface area contributed by atoms with E-state index in [2.05, 4.69) is 38.1 Å². The van der Waals surface area contributed by atoms with Gasteiger partial charge in [-0.15, -0.1) is 0 Å². The number of aromatic nitrogens is 3. The number of benzene rings is 1. The van der Waals surface area contributed by atoms with E-state index in [0.717, 1.165) is 23.2 Å². The molecule has 4 nitrogen and oxygen atoms in total. The molecule has 2 heterocycles. The molecule has 96 valence electrons. The van der Waals surface area contributed by atoms with Crippen LogP contribution >= 0.6 is 11.7 Å². The number of nitrogens with one attached hydrogen (secondary N) is 1. The van der Waals surface area contributed by atoms with Crippen LogP contribution in [0.25, 0.3) is 10.8 Å². The normalized spacial score (nSPS) is 12.7. The molecule has 1 unspecified atom stereocenters. The van der Waals surface area contributed by atoms with E-state index in [0.29, 0.717) is 0 Å². The highest BCUT2D eigenvalue weighted by Crippen LogP contribution is 2.27. The highest BCUT2D eigenvalue weighted by molar-refractivity contribution is 6.99. The quantitative estimate of drug-likeness (QED) is 0.792. The number of nitrogens with zero attached hydrogens (tertiary/aromatic N) is 3. The van der Waals surface area contributed by atoms with E-state index >= 15 is 0 Å². The van der Waals surface area contributed by atoms with E-state index in [-0.39, 0.29) is 6.04 Å². The lowest BCUT2D eigenvalue weighted by molar-refractivity contribution is 0.622. The van der Waals surface area contributed by atoms with Gasteiger partial charge in [0.25, 0.3) is 0 Å². The number of hydrogen-bond donors (Lipinski definition) is 1. The first-order chi connectivity index (χ1) is 9.40. The molecular formula is C14H14N4S. The van der Waals surface area contributed by atoms with Crippen LogP contribution in [0.5, 0.6) is 0 Å². The third-order valence-corrected chi connectivity index (χ3v) is 3.58. The van der Waals surface area contributed by atoms with Gasteiger partial charge in [0.1, 0.15) is 0 Å². The highest BCUT2D eigenvalue weighted by Gasteiger charge is 2.18. The molecule has 0 fully saturated rings. The molecule has 0 amide bonds. The van der Waals surface area contributed by atoms with Crippen molar-refractivity contribution in [3.05, 3.63) is 54.1 Å². The molecule has 0 spiro atoms. The average Bonchev–Trinajstić information content (AvgIpc) is 2.98. The lowest BCUT2D eigenvalue weighted by Crippen LogP contribution is -2.22. The maximum atomic E-state index is 4.36. The number of rotatable bonds is 4. The van der Waals surface area contributed by atoms with E-state index in [1.165, 1.54) is 17.1 Å². The van der Waals surface area contributed by atoms with Gasteiger partial charge < -0.3 is 5.32 Å². The molecule has 0 radical (unpaired) electrons. The molecule has 1 aromatic carbocycles. The minimum atomic E-state index is 0.0438. The largest absolute Gasteiger partial charge is 0.305 e. The molecule has 0 aliphatic rings. The fourth-order valence-corrected chi connectivity index (χ4v) is 2.70. The van der Waals surface area contributed by atoms with Crippen LogP contribution in [-0.2, 0) is 0 Å². The third kappa shape index (κ3) is 2.34. The third-order valence-electron chi connectivity index (χ3n) is 3.09. The molecule has 3 rings (SSSR count). The molecule has 3 aromatic rings. The van der Waals surface area contributed by atoms with Crippen molar-refractivity contribution in [2.24, 2.45) is 0 Å². The molecule has 0 bridgehead atoms. The van der Waals surface area contributed by atoms with Crippen molar-refractivity contribution in [2.45, 2.75) is 13.0 Å². The van der Waals surface area contributed by atoms with E-state index < -0.39 is 0 Å². The van der Waals surface area contributed by atoms with Gasteiger partial charge in [0.15, 0.2) is 0 Å². The monoisotopic (exact) mass is 270 g/mol. The maximum absolute atomic E-state index is 4.36. The lowest BCUT2D eigenvalue weighted by Gasteiger charge is -2.17. The van der Waals surface area contributed by atoms with Crippen molar-refractivity contribution in [3.63, 3.8) is 0 Å². The van der Waals surface area contributed by atoms with Gasteiger partial charge in [0.05, 0.1) is 29.7 Å². The topological polar surface area (TPSA) is 50.7 Å². The highest BCUT2D eigenvalue weighted by atomic mass is 32.1. The number of pyridine rings is 1. The summed E-state index contributed by atoms with van der Waals surface area (Å²) < 4.78 is 8.46. The lowest BCUT2D eigenvalue weighted by atomic mass is 10.00. The van der Waals surface area contributed by atoms with Gasteiger partial charge >= 0.3 is 0 Å². The summed E-state index contributed by atoms with van der Waals surface area (Å²) in [6.45, 7) is 2.96. The zero-order valence-electron chi connectivity index (χ0n) is 10.6. The fourth-order valence-electron chi connectivity index (χ4n) is 2.25. The van der Waals surface area contributed by atoms with Crippen molar-refractivity contribution < 1.29 is 0 Å². The second-order valence-corrected chi connectivity index (χ2v) is 4.83. The molecule has 1 N–H and O–H groups in total. The van der Waals surface area contributed by atoms with Gasteiger partial charge in [-0.25, -0.2) is 0 Å². The zero-order chi connectivity index (χ0) is 13.1. The van der Waals surface area contributed by atoms with Crippen molar-refractivity contribution in [1.29, 1.82) is 0 Å². The molecule has 0 aliphatic carbocycles. The molecule has 1 atom stereocenters. The van der Waals surface area contributed by atoms with Crippen LogP contribution in [0.3, 0.4) is 0 Å². The van der Waals surface area contributed by atoms with Gasteiger partial charge in [-0.3, -0.25) is 4.98 Å². The van der Waals surface area contributed by atoms with E-state index in [9.17, 15) is 0 Å². The summed E-state index contributed by atoms with van der Waals surface area (Å²) in [6.07, 6.45) is 5.62. The van der Waals surface area contributed by atoms with Crippen LogP contribution < -0.4 is 5.32 Å². The Morgan fingerprint density at radius 1 is 1.21 bits per heavy atom. The molecule has 0 saturated heterocycles. The Morgan fingerprint density at radius 3 is 2.89 bits per heavy atom. The van der Waals surface area contributed by atoms with Gasteiger partial charge in [0, 0.05) is 23.3 Å². The van der Waals surface area contributed by atoms with E-state index in [1.807, 2.05) is 30.7 Å². The van der Waals surface area contributed by atoms with Crippen LogP contribution in [0, 0.1) is 0 Å². The minimum Gasteiger partial charge on any atom is -0.305 e. The van der Waals surface area contributed by atoms with Crippen molar-refractivity contribution in [3.8, 4) is 0 Å². The van der Waals surface area contributed by atoms with Crippen LogP contribution in [-0.4, -0.2) is 20.3 Å². The van der Waals surface area contributed by atoms with Crippen LogP contribution in [0.2, 0.25) is 0 Å². The van der Waals surface area contributed by atoms with Gasteiger partial charge in [-0.2, -0.15) is 8.75 Å². The summed E-state index contributed by atoms with van der Waals surface area (Å²) >= 11 is 1.23. The predicted molar refractivity (Wildman–Crippen MR) is 77.2 cm³/mol. The first kappa shape index (κ1) is 12.2. The van der Waals surface area contributed by atoms with Crippen LogP contribution in [0.4, 0.5) is 0 Å². The Balaban J connectivity index is 2.15. The fraction of sp³-hybridized carbons (Fsp3) is 0.214. The maximum Gasteiger partial charge on any atom is 0.0958 e. The molecule has 0 saturated carbocycles. The Labute approximate surface area is 115 Å². The minimum absolute atomic E-state index is 0.0438. The van der Waals surface area contributed by atoms with E-state index in [4.69, 9.17) is 0 Å². The summed E-state index contributed by atoms with van der Waals surface area (Å²) in [4.78, 5) is 4.34. The Hall–Kier alpha value is -1.85. The summed E-state index contributed by atoms with van der Waals surface area (Å²) in [6, 6.07) is 8.32. The standard InChI is InChI=1S/C14H14N4S/c1-2-16-14(13-9-17-19-18-13)12-8-15-7-10-5-3-4-6-11(10)12/h3-9,14,16H,2H2,1H3. The second kappa shape index (κ2) is 5.42. The first-order valence-electron chi connectivity index (χ1n) is 6.23. The molecule has 0 aliphatic heterocycles. The molecule has 2 aromatic heterocycles. The average molecular weight is 270 g/mol. The summed E-state index contributed by atoms with van der Waals surface area (Å²) in [5.74, 6) is 0. The van der Waals surface area contributed by atoms with Gasteiger partial charge in [0.2, 0.25) is 0 Å². The van der Waals surface area contributed by atoms with Gasteiger partial charge in [-0.05, 0) is 11.9 Å². The zero-order valence-corrected chi connectivity index (χ0v) is 11.4. The Kier molecular flexibility index (Phi) is 3.48. The second-order valence-electron chi connectivity index (χ2n) is 4.27. The number of hydrogen-bond acceptors (Lipinski definition) is 5. The van der Waals surface area contributed by atoms with Crippen LogP contribution in [0.1, 0.15) is 24.2 Å². The van der Waals surface area contributed by atoms with Gasteiger partial charge in [-0.1, -0.05) is 31.2 Å². The smallest absolute Gasteiger partial charge is 0.0958 e. The van der Waals surface area contributed by atoms with Crippen molar-refractivity contribution in [2.75, 3.05) is 6.54 Å². The number of fused-ring (bicyclic) bond motifs is 1. The SMILES string of the molecule is CCNC(c1cnsn1)c1cncc2ccccc12. The molecular weight excluding hydrogens is 256 g/mol.